The minimum atomic E-state index is -0.376. The summed E-state index contributed by atoms with van der Waals surface area (Å²) in [5, 5.41) is 11.0. The molecule has 1 amide bonds. The lowest BCUT2D eigenvalue weighted by Crippen LogP contribution is -2.50. The Morgan fingerprint density at radius 1 is 1.20 bits per heavy atom. The van der Waals surface area contributed by atoms with Crippen LogP contribution in [-0.4, -0.2) is 23.0 Å². The largest absolute Gasteiger partial charge is 0.284 e. The Morgan fingerprint density at radius 2 is 1.75 bits per heavy atom. The first kappa shape index (κ1) is 15.9. The van der Waals surface area contributed by atoms with E-state index >= 15 is 0 Å². The fourth-order valence-corrected chi connectivity index (χ4v) is 1.90. The summed E-state index contributed by atoms with van der Waals surface area (Å²) >= 11 is 0. The van der Waals surface area contributed by atoms with Crippen molar-refractivity contribution in [2.45, 2.75) is 39.8 Å². The molecular formula is C16H21N3O. The van der Waals surface area contributed by atoms with Gasteiger partial charge >= 0.3 is 0 Å². The summed E-state index contributed by atoms with van der Waals surface area (Å²) in [5.74, 6) is -0.376. The van der Waals surface area contributed by atoms with Crippen molar-refractivity contribution in [2.24, 2.45) is 0 Å². The summed E-state index contributed by atoms with van der Waals surface area (Å²) in [6.07, 6.45) is 1.59. The van der Waals surface area contributed by atoms with Gasteiger partial charge in [-0.25, -0.2) is 5.01 Å². The lowest BCUT2D eigenvalue weighted by atomic mass is 10.1. The molecule has 0 radical (unpaired) electrons. The Kier molecular flexibility index (Phi) is 5.95. The molecule has 0 bridgehead atoms. The molecular weight excluding hydrogens is 250 g/mol. The predicted octanol–water partition coefficient (Wildman–Crippen LogP) is 2.74. The van der Waals surface area contributed by atoms with E-state index in [1.165, 1.54) is 0 Å². The molecule has 0 fully saturated rings. The van der Waals surface area contributed by atoms with E-state index in [0.717, 1.165) is 5.56 Å². The van der Waals surface area contributed by atoms with Crippen LogP contribution in [-0.2, 0) is 4.79 Å². The van der Waals surface area contributed by atoms with E-state index in [-0.39, 0.29) is 23.6 Å². The van der Waals surface area contributed by atoms with Crippen molar-refractivity contribution in [3.8, 4) is 6.07 Å². The molecule has 0 heterocycles. The first-order valence-electron chi connectivity index (χ1n) is 6.72. The number of hydrogen-bond acceptors (Lipinski definition) is 3. The second-order valence-electron chi connectivity index (χ2n) is 5.12. The van der Waals surface area contributed by atoms with E-state index in [1.54, 1.807) is 6.08 Å². The Labute approximate surface area is 120 Å². The van der Waals surface area contributed by atoms with Crippen LogP contribution in [0, 0.1) is 11.3 Å². The van der Waals surface area contributed by atoms with Gasteiger partial charge in [0.05, 0.1) is 0 Å². The Balaban J connectivity index is 2.89. The highest BCUT2D eigenvalue weighted by Crippen LogP contribution is 2.08. The SMILES string of the molecule is CC(C)N(NC(=O)/C(C#N)=C/c1ccccc1)C(C)C. The first-order valence-corrected chi connectivity index (χ1v) is 6.72. The van der Waals surface area contributed by atoms with Crippen LogP contribution in [0.3, 0.4) is 0 Å². The topological polar surface area (TPSA) is 56.1 Å². The summed E-state index contributed by atoms with van der Waals surface area (Å²) in [7, 11) is 0. The number of carbonyl (C=O) groups is 1. The van der Waals surface area contributed by atoms with Gasteiger partial charge in [0.2, 0.25) is 0 Å². The van der Waals surface area contributed by atoms with Crippen LogP contribution in [0.25, 0.3) is 6.08 Å². The maximum atomic E-state index is 12.2. The van der Waals surface area contributed by atoms with Crippen LogP contribution in [0.5, 0.6) is 0 Å². The van der Waals surface area contributed by atoms with Crippen molar-refractivity contribution in [3.63, 3.8) is 0 Å². The molecule has 0 saturated carbocycles. The number of nitriles is 1. The van der Waals surface area contributed by atoms with Crippen molar-refractivity contribution in [2.75, 3.05) is 0 Å². The minimum Gasteiger partial charge on any atom is -0.284 e. The van der Waals surface area contributed by atoms with Gasteiger partial charge in [0, 0.05) is 12.1 Å². The smallest absolute Gasteiger partial charge is 0.276 e. The molecule has 0 atom stereocenters. The monoisotopic (exact) mass is 271 g/mol. The number of nitrogens with zero attached hydrogens (tertiary/aromatic N) is 2. The standard InChI is InChI=1S/C16H21N3O/c1-12(2)19(13(3)4)18-16(20)15(11-17)10-14-8-6-5-7-9-14/h5-10,12-13H,1-4H3,(H,18,20)/b15-10+. The fourth-order valence-electron chi connectivity index (χ4n) is 1.90. The van der Waals surface area contributed by atoms with Gasteiger partial charge in [-0.2, -0.15) is 5.26 Å². The van der Waals surface area contributed by atoms with Crippen LogP contribution in [0.15, 0.2) is 35.9 Å². The third-order valence-electron chi connectivity index (χ3n) is 2.82. The molecule has 0 saturated heterocycles. The molecule has 0 aliphatic rings. The quantitative estimate of drug-likeness (QED) is 0.509. The molecule has 0 unspecified atom stereocenters. The Bertz CT molecular complexity index is 504. The summed E-state index contributed by atoms with van der Waals surface area (Å²) in [6, 6.07) is 11.6. The Morgan fingerprint density at radius 3 is 2.20 bits per heavy atom. The van der Waals surface area contributed by atoms with Gasteiger partial charge in [-0.1, -0.05) is 30.3 Å². The second-order valence-corrected chi connectivity index (χ2v) is 5.12. The van der Waals surface area contributed by atoms with Crippen molar-refractivity contribution in [1.29, 1.82) is 5.26 Å². The molecule has 4 nitrogen and oxygen atoms in total. The zero-order valence-electron chi connectivity index (χ0n) is 12.4. The zero-order valence-corrected chi connectivity index (χ0v) is 12.4. The molecule has 1 N–H and O–H groups in total. The molecule has 0 aromatic heterocycles. The highest BCUT2D eigenvalue weighted by Gasteiger charge is 2.18. The van der Waals surface area contributed by atoms with E-state index in [0.29, 0.717) is 0 Å². The first-order chi connectivity index (χ1) is 9.45. The van der Waals surface area contributed by atoms with E-state index in [1.807, 2.05) is 69.1 Å². The molecule has 1 aromatic carbocycles. The van der Waals surface area contributed by atoms with Gasteiger partial charge < -0.3 is 0 Å². The third-order valence-corrected chi connectivity index (χ3v) is 2.82. The van der Waals surface area contributed by atoms with Gasteiger partial charge in [0.15, 0.2) is 0 Å². The van der Waals surface area contributed by atoms with Gasteiger partial charge in [-0.3, -0.25) is 10.2 Å². The van der Waals surface area contributed by atoms with Crippen molar-refractivity contribution in [3.05, 3.63) is 41.5 Å². The summed E-state index contributed by atoms with van der Waals surface area (Å²) in [5.41, 5.74) is 3.72. The molecule has 4 heteroatoms. The van der Waals surface area contributed by atoms with Crippen LogP contribution >= 0.6 is 0 Å². The maximum absolute atomic E-state index is 12.2. The minimum absolute atomic E-state index is 0.0995. The highest BCUT2D eigenvalue weighted by atomic mass is 16.2. The number of nitrogens with one attached hydrogen (secondary N) is 1. The Hall–Kier alpha value is -2.12. The fraction of sp³-hybridized carbons (Fsp3) is 0.375. The summed E-state index contributed by atoms with van der Waals surface area (Å²) < 4.78 is 0. The highest BCUT2D eigenvalue weighted by molar-refractivity contribution is 6.01. The average Bonchev–Trinajstić information content (AvgIpc) is 2.42. The summed E-state index contributed by atoms with van der Waals surface area (Å²) in [4.78, 5) is 12.2. The van der Waals surface area contributed by atoms with E-state index in [9.17, 15) is 4.79 Å². The third kappa shape index (κ3) is 4.52. The molecule has 1 aromatic rings. The van der Waals surface area contributed by atoms with Gasteiger partial charge in [0.25, 0.3) is 5.91 Å². The number of hydrazine groups is 1. The molecule has 0 spiro atoms. The maximum Gasteiger partial charge on any atom is 0.276 e. The van der Waals surface area contributed by atoms with Crippen molar-refractivity contribution < 1.29 is 4.79 Å². The van der Waals surface area contributed by atoms with Gasteiger partial charge in [0.1, 0.15) is 11.6 Å². The number of carbonyl (C=O) groups excluding carboxylic acids is 1. The number of benzene rings is 1. The van der Waals surface area contributed by atoms with E-state index < -0.39 is 0 Å². The average molecular weight is 271 g/mol. The summed E-state index contributed by atoms with van der Waals surface area (Å²) in [6.45, 7) is 7.97. The molecule has 20 heavy (non-hydrogen) atoms. The van der Waals surface area contributed by atoms with Crippen molar-refractivity contribution >= 4 is 12.0 Å². The molecule has 106 valence electrons. The zero-order chi connectivity index (χ0) is 15.1. The number of rotatable bonds is 5. The normalized spacial score (nSPS) is 11.8. The molecule has 0 aliphatic heterocycles. The molecule has 0 aliphatic carbocycles. The van der Waals surface area contributed by atoms with E-state index in [2.05, 4.69) is 5.43 Å². The van der Waals surface area contributed by atoms with Gasteiger partial charge in [-0.05, 0) is 39.3 Å². The molecule has 1 rings (SSSR count). The lowest BCUT2D eigenvalue weighted by Gasteiger charge is -2.30. The van der Waals surface area contributed by atoms with Crippen molar-refractivity contribution in [1.82, 2.24) is 10.4 Å². The number of amides is 1. The van der Waals surface area contributed by atoms with Crippen LogP contribution in [0.2, 0.25) is 0 Å². The predicted molar refractivity (Wildman–Crippen MR) is 80.3 cm³/mol. The van der Waals surface area contributed by atoms with Gasteiger partial charge in [-0.15, -0.1) is 0 Å². The second kappa shape index (κ2) is 7.46. The lowest BCUT2D eigenvalue weighted by molar-refractivity contribution is -0.123. The van der Waals surface area contributed by atoms with Crippen LogP contribution in [0.1, 0.15) is 33.3 Å². The van der Waals surface area contributed by atoms with E-state index in [4.69, 9.17) is 5.26 Å². The van der Waals surface area contributed by atoms with Crippen LogP contribution in [0.4, 0.5) is 0 Å². The number of hydrogen-bond donors (Lipinski definition) is 1. The van der Waals surface area contributed by atoms with Crippen LogP contribution < -0.4 is 5.43 Å².